The number of likely N-dealkylation sites (tertiary alicyclic amines) is 1. The maximum Gasteiger partial charge on any atom is 0.163 e. The van der Waals surface area contributed by atoms with Gasteiger partial charge in [0.1, 0.15) is 18.0 Å². The highest BCUT2D eigenvalue weighted by Gasteiger charge is 2.18. The van der Waals surface area contributed by atoms with Crippen molar-refractivity contribution in [2.75, 3.05) is 39.9 Å². The molecule has 1 aliphatic heterocycles. The minimum Gasteiger partial charge on any atom is -0.493 e. The Bertz CT molecular complexity index is 1050. The second kappa shape index (κ2) is 10.2. The van der Waals surface area contributed by atoms with E-state index in [4.69, 9.17) is 15.2 Å². The average molecular weight is 442 g/mol. The normalized spacial score (nSPS) is 15.2. The number of hydrogen-bond acceptors (Lipinski definition) is 6. The molecule has 0 spiro atoms. The second-order valence-corrected chi connectivity index (χ2v) is 8.03. The van der Waals surface area contributed by atoms with E-state index in [9.17, 15) is 8.78 Å². The van der Waals surface area contributed by atoms with E-state index in [1.54, 1.807) is 19.2 Å². The van der Waals surface area contributed by atoms with Crippen LogP contribution >= 0.6 is 0 Å². The molecule has 0 bridgehead atoms. The van der Waals surface area contributed by atoms with Crippen molar-refractivity contribution in [2.45, 2.75) is 19.3 Å². The maximum absolute atomic E-state index is 13.7. The Balaban J connectivity index is 1.47. The third-order valence-corrected chi connectivity index (χ3v) is 5.91. The van der Waals surface area contributed by atoms with Crippen LogP contribution in [0.1, 0.15) is 19.3 Å². The van der Waals surface area contributed by atoms with Gasteiger partial charge in [-0.2, -0.15) is 0 Å². The zero-order valence-electron chi connectivity index (χ0n) is 18.1. The Morgan fingerprint density at radius 1 is 1.09 bits per heavy atom. The molecule has 0 aliphatic carbocycles. The second-order valence-electron chi connectivity index (χ2n) is 8.03. The Labute approximate surface area is 186 Å². The van der Waals surface area contributed by atoms with Gasteiger partial charge in [-0.1, -0.05) is 0 Å². The number of hydrogen-bond donors (Lipinski definition) is 1. The SMILES string of the molecule is COc1cc2c(-c3cc(F)[c]c(F)c3)ncnc2cc1OCCCN1CCC(CN)CC1. The number of nitrogens with zero attached hydrogens (tertiary/aromatic N) is 3. The van der Waals surface area contributed by atoms with Crippen LogP contribution in [0.3, 0.4) is 0 Å². The van der Waals surface area contributed by atoms with Crippen molar-refractivity contribution in [1.82, 2.24) is 14.9 Å². The van der Waals surface area contributed by atoms with Crippen LogP contribution in [-0.4, -0.2) is 54.8 Å². The van der Waals surface area contributed by atoms with Crippen LogP contribution in [-0.2, 0) is 0 Å². The first-order valence-corrected chi connectivity index (χ1v) is 10.8. The number of methoxy groups -OCH3 is 1. The maximum atomic E-state index is 13.7. The predicted molar refractivity (Wildman–Crippen MR) is 119 cm³/mol. The lowest BCUT2D eigenvalue weighted by Gasteiger charge is -2.31. The minimum absolute atomic E-state index is 0.306. The lowest BCUT2D eigenvalue weighted by atomic mass is 9.97. The van der Waals surface area contributed by atoms with E-state index in [0.717, 1.165) is 45.4 Å². The third kappa shape index (κ3) is 5.14. The van der Waals surface area contributed by atoms with Gasteiger partial charge in [-0.05, 0) is 63.0 Å². The van der Waals surface area contributed by atoms with E-state index < -0.39 is 11.6 Å². The molecule has 0 amide bonds. The molecule has 1 radical (unpaired) electrons. The molecule has 2 aromatic carbocycles. The van der Waals surface area contributed by atoms with Gasteiger partial charge in [-0.3, -0.25) is 0 Å². The summed E-state index contributed by atoms with van der Waals surface area (Å²) in [5.74, 6) is 0.168. The summed E-state index contributed by atoms with van der Waals surface area (Å²) < 4.78 is 38.9. The number of halogens is 2. The number of rotatable bonds is 8. The van der Waals surface area contributed by atoms with Gasteiger partial charge in [-0.25, -0.2) is 18.7 Å². The van der Waals surface area contributed by atoms with Crippen molar-refractivity contribution in [3.8, 4) is 22.8 Å². The molecule has 1 aromatic heterocycles. The van der Waals surface area contributed by atoms with Gasteiger partial charge < -0.3 is 20.1 Å². The fraction of sp³-hybridized carbons (Fsp3) is 0.417. The fourth-order valence-corrected chi connectivity index (χ4v) is 4.12. The largest absolute Gasteiger partial charge is 0.493 e. The number of aromatic nitrogens is 2. The Hall–Kier alpha value is -2.84. The predicted octanol–water partition coefficient (Wildman–Crippen LogP) is 3.82. The molecular weight excluding hydrogens is 414 g/mol. The van der Waals surface area contributed by atoms with Crippen molar-refractivity contribution < 1.29 is 18.3 Å². The van der Waals surface area contributed by atoms with Gasteiger partial charge >= 0.3 is 0 Å². The van der Waals surface area contributed by atoms with E-state index in [1.165, 1.54) is 18.5 Å². The van der Waals surface area contributed by atoms with Crippen molar-refractivity contribution in [3.05, 3.63) is 48.3 Å². The van der Waals surface area contributed by atoms with Crippen LogP contribution in [0.25, 0.3) is 22.2 Å². The highest BCUT2D eigenvalue weighted by Crippen LogP contribution is 2.35. The van der Waals surface area contributed by atoms with Crippen LogP contribution in [0, 0.1) is 23.6 Å². The number of nitrogens with two attached hydrogens (primary N) is 1. The van der Waals surface area contributed by atoms with Crippen LogP contribution < -0.4 is 15.2 Å². The topological polar surface area (TPSA) is 73.5 Å². The summed E-state index contributed by atoms with van der Waals surface area (Å²) in [4.78, 5) is 11.0. The Morgan fingerprint density at radius 3 is 2.53 bits per heavy atom. The first-order chi connectivity index (χ1) is 15.6. The smallest absolute Gasteiger partial charge is 0.163 e. The van der Waals surface area contributed by atoms with Gasteiger partial charge in [0, 0.05) is 23.6 Å². The van der Waals surface area contributed by atoms with E-state index in [0.29, 0.717) is 46.2 Å². The first kappa shape index (κ1) is 22.4. The molecule has 169 valence electrons. The van der Waals surface area contributed by atoms with E-state index in [-0.39, 0.29) is 0 Å². The molecule has 2 heterocycles. The first-order valence-electron chi connectivity index (χ1n) is 10.8. The quantitative estimate of drug-likeness (QED) is 0.536. The molecule has 8 heteroatoms. The van der Waals surface area contributed by atoms with E-state index >= 15 is 0 Å². The van der Waals surface area contributed by atoms with Crippen molar-refractivity contribution >= 4 is 10.9 Å². The van der Waals surface area contributed by atoms with Crippen molar-refractivity contribution in [1.29, 1.82) is 0 Å². The molecule has 3 aromatic rings. The molecule has 2 N–H and O–H groups in total. The van der Waals surface area contributed by atoms with Crippen LogP contribution in [0.15, 0.2) is 30.6 Å². The molecule has 0 unspecified atom stereocenters. The summed E-state index contributed by atoms with van der Waals surface area (Å²) in [6, 6.07) is 7.88. The zero-order valence-corrected chi connectivity index (χ0v) is 18.1. The molecule has 1 fully saturated rings. The highest BCUT2D eigenvalue weighted by molar-refractivity contribution is 5.94. The van der Waals surface area contributed by atoms with Gasteiger partial charge in [-0.15, -0.1) is 0 Å². The van der Waals surface area contributed by atoms with Crippen LogP contribution in [0.2, 0.25) is 0 Å². The fourth-order valence-electron chi connectivity index (χ4n) is 4.12. The van der Waals surface area contributed by atoms with E-state index in [2.05, 4.69) is 14.9 Å². The molecule has 0 saturated carbocycles. The highest BCUT2D eigenvalue weighted by atomic mass is 19.1. The standard InChI is InChI=1S/C24H27F2N4O2/c1-31-22-12-20-21(28-15-29-24(20)17-9-18(25)11-19(26)10-17)13-23(22)32-8-2-5-30-6-3-16(14-27)4-7-30/h9-10,12-13,15-16H,2-8,14,27H2,1H3. The minimum atomic E-state index is -0.786. The number of piperidine rings is 1. The molecule has 32 heavy (non-hydrogen) atoms. The summed E-state index contributed by atoms with van der Waals surface area (Å²) in [7, 11) is 1.55. The van der Waals surface area contributed by atoms with Gasteiger partial charge in [0.15, 0.2) is 11.5 Å². The van der Waals surface area contributed by atoms with Gasteiger partial charge in [0.2, 0.25) is 0 Å². The van der Waals surface area contributed by atoms with Gasteiger partial charge in [0.05, 0.1) is 31.0 Å². The number of ether oxygens (including phenoxy) is 2. The Kier molecular flexibility index (Phi) is 7.12. The molecule has 4 rings (SSSR count). The lowest BCUT2D eigenvalue weighted by molar-refractivity contribution is 0.172. The van der Waals surface area contributed by atoms with Gasteiger partial charge in [0.25, 0.3) is 0 Å². The molecule has 6 nitrogen and oxygen atoms in total. The number of benzene rings is 2. The van der Waals surface area contributed by atoms with Crippen molar-refractivity contribution in [2.24, 2.45) is 11.7 Å². The average Bonchev–Trinajstić information content (AvgIpc) is 2.80. The molecule has 1 saturated heterocycles. The lowest BCUT2D eigenvalue weighted by Crippen LogP contribution is -2.37. The summed E-state index contributed by atoms with van der Waals surface area (Å²) in [6.45, 7) is 4.46. The van der Waals surface area contributed by atoms with Crippen LogP contribution in [0.5, 0.6) is 11.5 Å². The monoisotopic (exact) mass is 441 g/mol. The zero-order chi connectivity index (χ0) is 22.5. The molecule has 0 atom stereocenters. The third-order valence-electron chi connectivity index (χ3n) is 5.91. The van der Waals surface area contributed by atoms with Crippen LogP contribution in [0.4, 0.5) is 8.78 Å². The van der Waals surface area contributed by atoms with E-state index in [1.807, 2.05) is 6.07 Å². The summed E-state index contributed by atoms with van der Waals surface area (Å²) in [6.07, 6.45) is 4.57. The molecular formula is C24H27F2N4O2. The molecule has 1 aliphatic rings. The summed E-state index contributed by atoms with van der Waals surface area (Å²) in [5, 5.41) is 0.615. The summed E-state index contributed by atoms with van der Waals surface area (Å²) >= 11 is 0. The van der Waals surface area contributed by atoms with Crippen molar-refractivity contribution in [3.63, 3.8) is 0 Å². The number of fused-ring (bicyclic) bond motifs is 1. The Morgan fingerprint density at radius 2 is 1.84 bits per heavy atom. The summed E-state index contributed by atoms with van der Waals surface area (Å²) in [5.41, 5.74) is 7.08.